The van der Waals surface area contributed by atoms with Crippen LogP contribution < -0.4 is 0 Å². The molecular weight excluding hydrogens is 160 g/mol. The summed E-state index contributed by atoms with van der Waals surface area (Å²) >= 11 is 0. The maximum Gasteiger partial charge on any atom is 0.513 e. The van der Waals surface area contributed by atoms with E-state index in [0.717, 1.165) is 32.1 Å². The topological polar surface area (TPSA) is 63.6 Å². The molecule has 0 aromatic carbocycles. The minimum Gasteiger partial charge on any atom is -0.449 e. The second-order valence-electron chi connectivity index (χ2n) is 3.02. The molecule has 0 saturated heterocycles. The number of ether oxygens (including phenoxy) is 1. The summed E-state index contributed by atoms with van der Waals surface area (Å²) in [6, 6.07) is 0. The predicted octanol–water partition coefficient (Wildman–Crippen LogP) is 1.79. The summed E-state index contributed by atoms with van der Waals surface area (Å²) in [7, 11) is 0. The van der Waals surface area contributed by atoms with E-state index < -0.39 is 12.1 Å². The van der Waals surface area contributed by atoms with Crippen molar-refractivity contribution in [1.29, 1.82) is 0 Å². The zero-order valence-corrected chi connectivity index (χ0v) is 6.78. The van der Waals surface area contributed by atoms with E-state index in [1.165, 1.54) is 0 Å². The van der Waals surface area contributed by atoms with Crippen molar-refractivity contribution in [1.82, 2.24) is 0 Å². The molecule has 0 heterocycles. The predicted molar refractivity (Wildman–Crippen MR) is 40.7 cm³/mol. The van der Waals surface area contributed by atoms with Crippen LogP contribution in [0.1, 0.15) is 32.1 Å². The van der Waals surface area contributed by atoms with Crippen LogP contribution in [-0.2, 0) is 9.53 Å². The second kappa shape index (κ2) is 4.09. The highest BCUT2D eigenvalue weighted by Gasteiger charge is 2.24. The van der Waals surface area contributed by atoms with Crippen LogP contribution in [0.4, 0.5) is 4.79 Å². The Morgan fingerprint density at radius 1 is 1.17 bits per heavy atom. The molecule has 1 aliphatic carbocycles. The lowest BCUT2D eigenvalue weighted by atomic mass is 9.89. The molecule has 4 nitrogen and oxygen atoms in total. The van der Waals surface area contributed by atoms with Crippen molar-refractivity contribution in [2.45, 2.75) is 32.1 Å². The number of esters is 1. The fraction of sp³-hybridized carbons (Fsp3) is 0.750. The quantitative estimate of drug-likeness (QED) is 0.483. The lowest BCUT2D eigenvalue weighted by Crippen LogP contribution is -2.22. The highest BCUT2D eigenvalue weighted by molar-refractivity contribution is 5.82. The lowest BCUT2D eigenvalue weighted by Gasteiger charge is -2.18. The smallest absolute Gasteiger partial charge is 0.449 e. The van der Waals surface area contributed by atoms with E-state index in [4.69, 9.17) is 5.11 Å². The van der Waals surface area contributed by atoms with Crippen LogP contribution >= 0.6 is 0 Å². The Labute approximate surface area is 70.5 Å². The number of carbonyl (C=O) groups is 2. The molecule has 1 saturated carbocycles. The molecule has 1 N–H and O–H groups in total. The molecule has 0 atom stereocenters. The van der Waals surface area contributed by atoms with E-state index in [0.29, 0.717) is 0 Å². The third-order valence-corrected chi connectivity index (χ3v) is 2.13. The molecule has 0 bridgehead atoms. The summed E-state index contributed by atoms with van der Waals surface area (Å²) in [5, 5.41) is 8.17. The first kappa shape index (κ1) is 9.03. The number of hydrogen-bond acceptors (Lipinski definition) is 3. The summed E-state index contributed by atoms with van der Waals surface area (Å²) < 4.78 is 4.07. The second-order valence-corrected chi connectivity index (χ2v) is 3.02. The zero-order chi connectivity index (χ0) is 8.97. The van der Waals surface area contributed by atoms with Gasteiger partial charge in [-0.1, -0.05) is 19.3 Å². The first-order chi connectivity index (χ1) is 5.70. The van der Waals surface area contributed by atoms with E-state index in [2.05, 4.69) is 4.74 Å². The van der Waals surface area contributed by atoms with Crippen LogP contribution in [-0.4, -0.2) is 17.2 Å². The van der Waals surface area contributed by atoms with Crippen molar-refractivity contribution in [3.05, 3.63) is 0 Å². The molecular formula is C8H12O4. The number of carbonyl (C=O) groups excluding carboxylic acids is 1. The Bertz CT molecular complexity index is 181. The minimum atomic E-state index is -1.49. The van der Waals surface area contributed by atoms with Crippen molar-refractivity contribution in [3.63, 3.8) is 0 Å². The third kappa shape index (κ3) is 2.53. The molecule has 12 heavy (non-hydrogen) atoms. The maximum absolute atomic E-state index is 11.0. The summed E-state index contributed by atoms with van der Waals surface area (Å²) in [4.78, 5) is 21.0. The molecule has 0 unspecified atom stereocenters. The lowest BCUT2D eigenvalue weighted by molar-refractivity contribution is -0.144. The van der Waals surface area contributed by atoms with Gasteiger partial charge in [-0.3, -0.25) is 4.79 Å². The van der Waals surface area contributed by atoms with Gasteiger partial charge >= 0.3 is 12.1 Å². The number of carboxylic acid groups (broad SMARTS) is 1. The molecule has 0 aromatic rings. The average molecular weight is 172 g/mol. The first-order valence-corrected chi connectivity index (χ1v) is 4.15. The fourth-order valence-electron chi connectivity index (χ4n) is 1.51. The third-order valence-electron chi connectivity index (χ3n) is 2.13. The highest BCUT2D eigenvalue weighted by atomic mass is 16.7. The molecule has 0 amide bonds. The van der Waals surface area contributed by atoms with Crippen LogP contribution in [0.15, 0.2) is 0 Å². The molecule has 0 spiro atoms. The van der Waals surface area contributed by atoms with Gasteiger partial charge in [0, 0.05) is 0 Å². The van der Waals surface area contributed by atoms with Crippen molar-refractivity contribution in [2.75, 3.05) is 0 Å². The molecule has 0 radical (unpaired) electrons. The van der Waals surface area contributed by atoms with Gasteiger partial charge in [-0.2, -0.15) is 0 Å². The van der Waals surface area contributed by atoms with Crippen LogP contribution in [0.3, 0.4) is 0 Å². The van der Waals surface area contributed by atoms with E-state index in [1.807, 2.05) is 0 Å². The van der Waals surface area contributed by atoms with Crippen LogP contribution in [0.5, 0.6) is 0 Å². The van der Waals surface area contributed by atoms with Crippen LogP contribution in [0.2, 0.25) is 0 Å². The number of hydrogen-bond donors (Lipinski definition) is 1. The van der Waals surface area contributed by atoms with Crippen molar-refractivity contribution in [3.8, 4) is 0 Å². The molecule has 1 aliphatic rings. The Hall–Kier alpha value is -1.06. The van der Waals surface area contributed by atoms with Gasteiger partial charge in [0.25, 0.3) is 0 Å². The zero-order valence-electron chi connectivity index (χ0n) is 6.78. The van der Waals surface area contributed by atoms with Crippen LogP contribution in [0, 0.1) is 5.92 Å². The Morgan fingerprint density at radius 2 is 1.75 bits per heavy atom. The Morgan fingerprint density at radius 3 is 2.25 bits per heavy atom. The standard InChI is InChI=1S/C8H12O4/c9-7(12-8(10)11)6-4-2-1-3-5-6/h6H,1-5H2,(H,10,11). The van der Waals surface area contributed by atoms with Gasteiger partial charge < -0.3 is 9.84 Å². The monoisotopic (exact) mass is 172 g/mol. The summed E-state index contributed by atoms with van der Waals surface area (Å²) in [6.45, 7) is 0. The molecule has 0 aliphatic heterocycles. The Kier molecular flexibility index (Phi) is 3.08. The van der Waals surface area contributed by atoms with E-state index in [9.17, 15) is 9.59 Å². The number of rotatable bonds is 1. The molecule has 0 aromatic heterocycles. The normalized spacial score (nSPS) is 18.7. The Balaban J connectivity index is 2.34. The van der Waals surface area contributed by atoms with Crippen LogP contribution in [0.25, 0.3) is 0 Å². The van der Waals surface area contributed by atoms with Gasteiger partial charge in [0.1, 0.15) is 0 Å². The van der Waals surface area contributed by atoms with Gasteiger partial charge in [-0.25, -0.2) is 4.79 Å². The summed E-state index contributed by atoms with van der Waals surface area (Å²) in [5.41, 5.74) is 0. The van der Waals surface area contributed by atoms with Crippen molar-refractivity contribution >= 4 is 12.1 Å². The molecule has 1 rings (SSSR count). The SMILES string of the molecule is O=C(O)OC(=O)C1CCCCC1. The van der Waals surface area contributed by atoms with Gasteiger partial charge in [-0.15, -0.1) is 0 Å². The van der Waals surface area contributed by atoms with Gasteiger partial charge in [0.2, 0.25) is 0 Å². The van der Waals surface area contributed by atoms with Crippen molar-refractivity contribution < 1.29 is 19.4 Å². The molecule has 68 valence electrons. The van der Waals surface area contributed by atoms with E-state index >= 15 is 0 Å². The first-order valence-electron chi connectivity index (χ1n) is 4.15. The average Bonchev–Trinajstić information content (AvgIpc) is 2.05. The van der Waals surface area contributed by atoms with Gasteiger partial charge in [0.15, 0.2) is 0 Å². The maximum atomic E-state index is 11.0. The fourth-order valence-corrected chi connectivity index (χ4v) is 1.51. The minimum absolute atomic E-state index is 0.185. The largest absolute Gasteiger partial charge is 0.513 e. The molecule has 1 fully saturated rings. The summed E-state index contributed by atoms with van der Waals surface area (Å²) in [6.07, 6.45) is 3.18. The molecule has 4 heteroatoms. The van der Waals surface area contributed by atoms with Crippen molar-refractivity contribution in [2.24, 2.45) is 5.92 Å². The van der Waals surface area contributed by atoms with Gasteiger partial charge in [0.05, 0.1) is 5.92 Å². The highest BCUT2D eigenvalue weighted by Crippen LogP contribution is 2.24. The van der Waals surface area contributed by atoms with E-state index in [-0.39, 0.29) is 5.92 Å². The summed E-state index contributed by atoms with van der Waals surface area (Å²) in [5.74, 6) is -0.767. The van der Waals surface area contributed by atoms with E-state index in [1.54, 1.807) is 0 Å². The van der Waals surface area contributed by atoms with Gasteiger partial charge in [-0.05, 0) is 12.8 Å².